The predicted octanol–water partition coefficient (Wildman–Crippen LogP) is 4.36. The second-order valence-electron chi connectivity index (χ2n) is 5.06. The Morgan fingerprint density at radius 1 is 1.14 bits per heavy atom. The first-order valence-electron chi connectivity index (χ1n) is 6.16. The highest BCUT2D eigenvalue weighted by Crippen LogP contribution is 2.41. The van der Waals surface area contributed by atoms with E-state index in [-0.39, 0.29) is 9.23 Å². The number of hydrogen-bond donors (Lipinski definition) is 1. The summed E-state index contributed by atoms with van der Waals surface area (Å²) in [5.74, 6) is 0.258. The first-order valence-corrected chi connectivity index (χ1v) is 9.22. The monoisotopic (exact) mass is 379 g/mol. The number of ether oxygens (including phenoxy) is 2. The number of hydrogen-bond acceptors (Lipinski definition) is 5. The smallest absolute Gasteiger partial charge is 0.264 e. The molecule has 2 aromatic rings. The van der Waals surface area contributed by atoms with Crippen molar-refractivity contribution >= 4 is 50.2 Å². The van der Waals surface area contributed by atoms with Crippen LogP contribution in [0.15, 0.2) is 29.2 Å². The van der Waals surface area contributed by atoms with Gasteiger partial charge in [0.1, 0.15) is 9.23 Å². The number of sulfonamides is 1. The first-order chi connectivity index (χ1) is 10.2. The van der Waals surface area contributed by atoms with Crippen LogP contribution in [0.25, 0.3) is 0 Å². The lowest BCUT2D eigenvalue weighted by Gasteiger charge is -2.16. The molecule has 1 aliphatic heterocycles. The summed E-state index contributed by atoms with van der Waals surface area (Å²) < 4.78 is 38.7. The van der Waals surface area contributed by atoms with Gasteiger partial charge in [0.15, 0.2) is 11.5 Å². The highest BCUT2D eigenvalue weighted by Gasteiger charge is 2.32. The van der Waals surface area contributed by atoms with Crippen molar-refractivity contribution in [3.05, 3.63) is 32.9 Å². The van der Waals surface area contributed by atoms with E-state index in [1.165, 1.54) is 6.07 Å². The van der Waals surface area contributed by atoms with Crippen molar-refractivity contribution in [3.63, 3.8) is 0 Å². The molecule has 0 saturated carbocycles. The van der Waals surface area contributed by atoms with Crippen LogP contribution in [0, 0.1) is 0 Å². The Kier molecular flexibility index (Phi) is 3.71. The van der Waals surface area contributed by atoms with Crippen LogP contribution in [0.4, 0.5) is 5.69 Å². The number of rotatable bonds is 3. The number of thiophene rings is 1. The maximum atomic E-state index is 12.3. The molecule has 118 valence electrons. The molecule has 0 unspecified atom stereocenters. The molecule has 1 N–H and O–H groups in total. The van der Waals surface area contributed by atoms with Crippen LogP contribution in [0.2, 0.25) is 8.67 Å². The molecule has 0 atom stereocenters. The minimum Gasteiger partial charge on any atom is -0.449 e. The molecule has 5 nitrogen and oxygen atoms in total. The zero-order valence-electron chi connectivity index (χ0n) is 11.5. The lowest BCUT2D eigenvalue weighted by molar-refractivity contribution is -0.0431. The Morgan fingerprint density at radius 3 is 2.45 bits per heavy atom. The summed E-state index contributed by atoms with van der Waals surface area (Å²) >= 11 is 12.7. The van der Waals surface area contributed by atoms with Gasteiger partial charge in [0.25, 0.3) is 10.0 Å². The normalized spacial score (nSPS) is 15.8. The molecule has 22 heavy (non-hydrogen) atoms. The van der Waals surface area contributed by atoms with Gasteiger partial charge in [0.05, 0.1) is 10.0 Å². The maximum absolute atomic E-state index is 12.3. The zero-order chi connectivity index (χ0) is 16.1. The summed E-state index contributed by atoms with van der Waals surface area (Å²) in [6.45, 7) is 3.54. The summed E-state index contributed by atoms with van der Waals surface area (Å²) in [4.78, 5) is -0.0536. The second kappa shape index (κ2) is 5.19. The van der Waals surface area contributed by atoms with E-state index in [4.69, 9.17) is 32.7 Å². The van der Waals surface area contributed by atoms with E-state index in [2.05, 4.69) is 4.72 Å². The van der Waals surface area contributed by atoms with Gasteiger partial charge in [-0.1, -0.05) is 23.2 Å². The molecule has 0 bridgehead atoms. The summed E-state index contributed by atoms with van der Waals surface area (Å²) in [6, 6.07) is 6.10. The molecule has 0 fully saturated rings. The van der Waals surface area contributed by atoms with Crippen LogP contribution in [0.3, 0.4) is 0 Å². The van der Waals surface area contributed by atoms with Crippen LogP contribution < -0.4 is 14.2 Å². The molecular weight excluding hydrogens is 369 g/mol. The Balaban J connectivity index is 1.90. The van der Waals surface area contributed by atoms with Crippen LogP contribution in [-0.4, -0.2) is 14.2 Å². The largest absolute Gasteiger partial charge is 0.449 e. The van der Waals surface area contributed by atoms with E-state index in [0.29, 0.717) is 21.5 Å². The number of halogens is 2. The van der Waals surface area contributed by atoms with Gasteiger partial charge in [-0.3, -0.25) is 4.72 Å². The minimum absolute atomic E-state index is 0.0536. The van der Waals surface area contributed by atoms with E-state index >= 15 is 0 Å². The van der Waals surface area contributed by atoms with Crippen molar-refractivity contribution in [3.8, 4) is 11.5 Å². The maximum Gasteiger partial charge on any atom is 0.264 e. The molecule has 0 saturated heterocycles. The minimum atomic E-state index is -3.82. The lowest BCUT2D eigenvalue weighted by Crippen LogP contribution is -2.29. The summed E-state index contributed by atoms with van der Waals surface area (Å²) in [5.41, 5.74) is 0.346. The third kappa shape index (κ3) is 2.99. The van der Waals surface area contributed by atoms with Gasteiger partial charge in [0.2, 0.25) is 5.79 Å². The fraction of sp³-hybridized carbons (Fsp3) is 0.231. The van der Waals surface area contributed by atoms with Crippen molar-refractivity contribution in [2.24, 2.45) is 0 Å². The number of benzene rings is 1. The van der Waals surface area contributed by atoms with Crippen molar-refractivity contribution in [2.75, 3.05) is 4.72 Å². The van der Waals surface area contributed by atoms with E-state index < -0.39 is 15.8 Å². The third-order valence-electron chi connectivity index (χ3n) is 2.82. The molecule has 1 aliphatic rings. The van der Waals surface area contributed by atoms with Crippen LogP contribution in [0.1, 0.15) is 13.8 Å². The molecule has 9 heteroatoms. The topological polar surface area (TPSA) is 64.6 Å². The zero-order valence-corrected chi connectivity index (χ0v) is 14.7. The van der Waals surface area contributed by atoms with Crippen LogP contribution in [0.5, 0.6) is 11.5 Å². The summed E-state index contributed by atoms with van der Waals surface area (Å²) in [7, 11) is -3.82. The van der Waals surface area contributed by atoms with Gasteiger partial charge in [-0.05, 0) is 18.2 Å². The number of anilines is 1. The molecule has 1 aromatic heterocycles. The molecule has 0 spiro atoms. The fourth-order valence-corrected chi connectivity index (χ4v) is 5.20. The number of fused-ring (bicyclic) bond motifs is 1. The van der Waals surface area contributed by atoms with E-state index in [9.17, 15) is 8.42 Å². The third-order valence-corrected chi connectivity index (χ3v) is 5.96. The van der Waals surface area contributed by atoms with Crippen LogP contribution >= 0.6 is 34.5 Å². The van der Waals surface area contributed by atoms with Gasteiger partial charge >= 0.3 is 0 Å². The van der Waals surface area contributed by atoms with Crippen LogP contribution in [-0.2, 0) is 10.0 Å². The van der Waals surface area contributed by atoms with Gasteiger partial charge < -0.3 is 9.47 Å². The quantitative estimate of drug-likeness (QED) is 0.859. The molecule has 0 radical (unpaired) electrons. The average Bonchev–Trinajstić information content (AvgIpc) is 2.86. The Bertz CT molecular complexity index is 846. The number of nitrogens with one attached hydrogen (secondary N) is 1. The Morgan fingerprint density at radius 2 is 1.82 bits per heavy atom. The van der Waals surface area contributed by atoms with E-state index in [1.54, 1.807) is 32.0 Å². The Hall–Kier alpha value is -1.15. The average molecular weight is 380 g/mol. The van der Waals surface area contributed by atoms with Crippen molar-refractivity contribution in [1.82, 2.24) is 0 Å². The Labute approximate surface area is 141 Å². The van der Waals surface area contributed by atoms with Crippen molar-refractivity contribution in [1.29, 1.82) is 0 Å². The summed E-state index contributed by atoms with van der Waals surface area (Å²) in [5, 5.41) is 0. The highest BCUT2D eigenvalue weighted by molar-refractivity contribution is 7.93. The first kappa shape index (κ1) is 15.7. The SMILES string of the molecule is CC1(C)Oc2ccc(NS(=O)(=O)c3cc(Cl)sc3Cl)cc2O1. The van der Waals surface area contributed by atoms with Gasteiger partial charge in [-0.15, -0.1) is 11.3 Å². The van der Waals surface area contributed by atoms with Gasteiger partial charge in [-0.25, -0.2) is 8.42 Å². The molecule has 0 amide bonds. The van der Waals surface area contributed by atoms with Crippen molar-refractivity contribution in [2.45, 2.75) is 24.5 Å². The van der Waals surface area contributed by atoms with Gasteiger partial charge in [0, 0.05) is 19.9 Å². The second-order valence-corrected chi connectivity index (χ2v) is 9.00. The molecule has 3 rings (SSSR count). The standard InChI is InChI=1S/C13H11Cl2NO4S2/c1-13(2)19-8-4-3-7(5-9(8)20-13)16-22(17,18)10-6-11(14)21-12(10)15/h3-6,16H,1-2H3. The van der Waals surface area contributed by atoms with E-state index in [1.807, 2.05) is 0 Å². The summed E-state index contributed by atoms with van der Waals surface area (Å²) in [6.07, 6.45) is 0. The molecule has 2 heterocycles. The van der Waals surface area contributed by atoms with Gasteiger partial charge in [-0.2, -0.15) is 0 Å². The highest BCUT2D eigenvalue weighted by atomic mass is 35.5. The fourth-order valence-electron chi connectivity index (χ4n) is 2.00. The van der Waals surface area contributed by atoms with E-state index in [0.717, 1.165) is 11.3 Å². The molecular formula is C13H11Cl2NO4S2. The lowest BCUT2D eigenvalue weighted by atomic mass is 10.3. The molecule has 1 aromatic carbocycles. The predicted molar refractivity (Wildman–Crippen MR) is 86.9 cm³/mol. The molecule has 0 aliphatic carbocycles. The van der Waals surface area contributed by atoms with Crippen molar-refractivity contribution < 1.29 is 17.9 Å².